The van der Waals surface area contributed by atoms with Crippen molar-refractivity contribution in [2.45, 2.75) is 25.7 Å². The number of aromatic nitrogens is 2. The van der Waals surface area contributed by atoms with E-state index in [1.54, 1.807) is 11.3 Å². The monoisotopic (exact) mass is 293 g/mol. The average Bonchev–Trinajstić information content (AvgIpc) is 3.03. The first kappa shape index (κ1) is 12.7. The predicted molar refractivity (Wildman–Crippen MR) is 77.6 cm³/mol. The molecule has 0 spiro atoms. The van der Waals surface area contributed by atoms with Crippen molar-refractivity contribution in [2.24, 2.45) is 0 Å². The SMILES string of the molecule is O=C(c1snnc1-c1cccs1)N1CCCCCC1. The zero-order chi connectivity index (χ0) is 13.1. The van der Waals surface area contributed by atoms with Crippen molar-refractivity contribution in [3.8, 4) is 10.6 Å². The van der Waals surface area contributed by atoms with Crippen molar-refractivity contribution in [1.82, 2.24) is 14.5 Å². The van der Waals surface area contributed by atoms with Crippen LogP contribution in [0.25, 0.3) is 10.6 Å². The molecule has 19 heavy (non-hydrogen) atoms. The molecule has 0 radical (unpaired) electrons. The van der Waals surface area contributed by atoms with E-state index in [0.29, 0.717) is 4.88 Å². The van der Waals surface area contributed by atoms with Crippen molar-refractivity contribution in [3.05, 3.63) is 22.4 Å². The van der Waals surface area contributed by atoms with Crippen molar-refractivity contribution in [2.75, 3.05) is 13.1 Å². The molecular weight excluding hydrogens is 278 g/mol. The third-order valence-electron chi connectivity index (χ3n) is 3.33. The summed E-state index contributed by atoms with van der Waals surface area (Å²) in [4.78, 5) is 16.3. The Morgan fingerprint density at radius 2 is 2.00 bits per heavy atom. The summed E-state index contributed by atoms with van der Waals surface area (Å²) in [6, 6.07) is 3.96. The quantitative estimate of drug-likeness (QED) is 0.853. The van der Waals surface area contributed by atoms with Crippen LogP contribution in [0.4, 0.5) is 0 Å². The molecule has 0 aromatic carbocycles. The summed E-state index contributed by atoms with van der Waals surface area (Å²) in [5.74, 6) is 0.0975. The highest BCUT2D eigenvalue weighted by Gasteiger charge is 2.24. The first-order valence-corrected chi connectivity index (χ1v) is 8.17. The lowest BCUT2D eigenvalue weighted by Gasteiger charge is -2.19. The van der Waals surface area contributed by atoms with Gasteiger partial charge in [0.05, 0.1) is 4.88 Å². The fraction of sp³-hybridized carbons (Fsp3) is 0.462. The van der Waals surface area contributed by atoms with Crippen LogP contribution in [0.1, 0.15) is 35.4 Å². The third kappa shape index (κ3) is 2.69. The van der Waals surface area contributed by atoms with Crippen LogP contribution in [-0.4, -0.2) is 33.5 Å². The molecule has 4 nitrogen and oxygen atoms in total. The average molecular weight is 293 g/mol. The number of thiophene rings is 1. The van der Waals surface area contributed by atoms with Crippen molar-refractivity contribution in [1.29, 1.82) is 0 Å². The molecule has 2 aromatic rings. The van der Waals surface area contributed by atoms with E-state index in [9.17, 15) is 4.79 Å². The van der Waals surface area contributed by atoms with Gasteiger partial charge in [0.25, 0.3) is 5.91 Å². The Kier molecular flexibility index (Phi) is 3.89. The summed E-state index contributed by atoms with van der Waals surface area (Å²) in [7, 11) is 0. The van der Waals surface area contributed by atoms with E-state index in [1.165, 1.54) is 24.4 Å². The summed E-state index contributed by atoms with van der Waals surface area (Å²) >= 11 is 2.81. The predicted octanol–water partition coefficient (Wildman–Crippen LogP) is 3.28. The fourth-order valence-electron chi connectivity index (χ4n) is 2.32. The van der Waals surface area contributed by atoms with E-state index < -0.39 is 0 Å². The number of hydrogen-bond acceptors (Lipinski definition) is 5. The Hall–Kier alpha value is -1.27. The number of carbonyl (C=O) groups excluding carboxylic acids is 1. The smallest absolute Gasteiger partial charge is 0.267 e. The third-order valence-corrected chi connectivity index (χ3v) is 4.92. The van der Waals surface area contributed by atoms with Gasteiger partial charge in [-0.05, 0) is 35.8 Å². The zero-order valence-electron chi connectivity index (χ0n) is 10.5. The molecule has 100 valence electrons. The molecule has 0 N–H and O–H groups in total. The molecule has 1 aliphatic heterocycles. The van der Waals surface area contributed by atoms with Gasteiger partial charge in [-0.2, -0.15) is 0 Å². The number of nitrogens with zero attached hydrogens (tertiary/aromatic N) is 3. The molecule has 3 heterocycles. The van der Waals surface area contributed by atoms with Gasteiger partial charge in [-0.1, -0.05) is 23.4 Å². The molecule has 1 aliphatic rings. The highest BCUT2D eigenvalue weighted by Crippen LogP contribution is 2.29. The second kappa shape index (κ2) is 5.79. The standard InChI is InChI=1S/C13H15N3OS2/c17-13(16-7-3-1-2-4-8-16)12-11(14-15-19-12)10-6-5-9-18-10/h5-6,9H,1-4,7-8H2. The lowest BCUT2D eigenvalue weighted by Crippen LogP contribution is -2.31. The van der Waals surface area contributed by atoms with Gasteiger partial charge in [-0.3, -0.25) is 4.79 Å². The van der Waals surface area contributed by atoms with Crippen LogP contribution in [0, 0.1) is 0 Å². The van der Waals surface area contributed by atoms with Crippen molar-refractivity contribution >= 4 is 28.8 Å². The lowest BCUT2D eigenvalue weighted by molar-refractivity contribution is 0.0767. The zero-order valence-corrected chi connectivity index (χ0v) is 12.2. The van der Waals surface area contributed by atoms with Crippen LogP contribution < -0.4 is 0 Å². The Balaban J connectivity index is 1.86. The van der Waals surface area contributed by atoms with Crippen LogP contribution in [0.2, 0.25) is 0 Å². The van der Waals surface area contributed by atoms with E-state index in [0.717, 1.165) is 36.5 Å². The molecule has 1 fully saturated rings. The largest absolute Gasteiger partial charge is 0.338 e. The first-order chi connectivity index (χ1) is 9.36. The summed E-state index contributed by atoms with van der Waals surface area (Å²) in [6.07, 6.45) is 4.66. The highest BCUT2D eigenvalue weighted by atomic mass is 32.1. The Labute approximate surface area is 120 Å². The minimum Gasteiger partial charge on any atom is -0.338 e. The summed E-state index contributed by atoms with van der Waals surface area (Å²) in [5, 5.41) is 6.12. The molecule has 1 amide bonds. The van der Waals surface area contributed by atoms with Gasteiger partial charge in [-0.15, -0.1) is 16.4 Å². The Morgan fingerprint density at radius 3 is 2.68 bits per heavy atom. The van der Waals surface area contributed by atoms with E-state index in [4.69, 9.17) is 0 Å². The normalized spacial score (nSPS) is 16.3. The second-order valence-corrected chi connectivity index (χ2v) is 6.34. The molecule has 0 unspecified atom stereocenters. The summed E-state index contributed by atoms with van der Waals surface area (Å²) in [5.41, 5.74) is 0.745. The summed E-state index contributed by atoms with van der Waals surface area (Å²) in [6.45, 7) is 1.72. The van der Waals surface area contributed by atoms with Crippen molar-refractivity contribution in [3.63, 3.8) is 0 Å². The van der Waals surface area contributed by atoms with Gasteiger partial charge in [0.1, 0.15) is 10.6 Å². The van der Waals surface area contributed by atoms with Crippen LogP contribution in [0.5, 0.6) is 0 Å². The van der Waals surface area contributed by atoms with Crippen LogP contribution >= 0.6 is 22.9 Å². The molecule has 0 bridgehead atoms. The minimum atomic E-state index is 0.0975. The molecule has 3 rings (SSSR count). The van der Waals surface area contributed by atoms with Gasteiger partial charge < -0.3 is 4.90 Å². The molecule has 1 saturated heterocycles. The van der Waals surface area contributed by atoms with Gasteiger partial charge in [0.2, 0.25) is 0 Å². The number of likely N-dealkylation sites (tertiary alicyclic amines) is 1. The summed E-state index contributed by atoms with van der Waals surface area (Å²) < 4.78 is 3.97. The van der Waals surface area contributed by atoms with Crippen LogP contribution in [0.3, 0.4) is 0 Å². The van der Waals surface area contributed by atoms with Crippen molar-refractivity contribution < 1.29 is 4.79 Å². The lowest BCUT2D eigenvalue weighted by atomic mass is 10.2. The van der Waals surface area contributed by atoms with E-state index in [1.807, 2.05) is 22.4 Å². The molecule has 0 saturated carbocycles. The van der Waals surface area contributed by atoms with E-state index in [2.05, 4.69) is 9.59 Å². The van der Waals surface area contributed by atoms with Gasteiger partial charge >= 0.3 is 0 Å². The maximum Gasteiger partial charge on any atom is 0.267 e. The van der Waals surface area contributed by atoms with Crippen LogP contribution in [-0.2, 0) is 0 Å². The van der Waals surface area contributed by atoms with Crippen LogP contribution in [0.15, 0.2) is 17.5 Å². The number of hydrogen-bond donors (Lipinski definition) is 0. The molecule has 2 aromatic heterocycles. The van der Waals surface area contributed by atoms with E-state index in [-0.39, 0.29) is 5.91 Å². The topological polar surface area (TPSA) is 46.1 Å². The number of amides is 1. The molecular formula is C13H15N3OS2. The van der Waals surface area contributed by atoms with Gasteiger partial charge in [-0.25, -0.2) is 0 Å². The highest BCUT2D eigenvalue weighted by molar-refractivity contribution is 7.14. The fourth-order valence-corrected chi connectivity index (χ4v) is 3.75. The Bertz CT molecular complexity index is 542. The molecule has 6 heteroatoms. The number of carbonyl (C=O) groups is 1. The van der Waals surface area contributed by atoms with Gasteiger partial charge in [0.15, 0.2) is 0 Å². The van der Waals surface area contributed by atoms with E-state index >= 15 is 0 Å². The minimum absolute atomic E-state index is 0.0975. The van der Waals surface area contributed by atoms with Gasteiger partial charge in [0, 0.05) is 13.1 Å². The second-order valence-electron chi connectivity index (χ2n) is 4.63. The Morgan fingerprint density at radius 1 is 1.21 bits per heavy atom. The first-order valence-electron chi connectivity index (χ1n) is 6.52. The molecule has 0 atom stereocenters. The maximum absolute atomic E-state index is 12.6. The maximum atomic E-state index is 12.6. The molecule has 0 aliphatic carbocycles. The number of rotatable bonds is 2.